The number of nitrogens with zero attached hydrogens (tertiary/aromatic N) is 6. The maximum atomic E-state index is 10.9. The van der Waals surface area contributed by atoms with E-state index < -0.39 is 5.97 Å². The van der Waals surface area contributed by atoms with E-state index in [9.17, 15) is 4.79 Å². The molecule has 4 heterocycles. The molecule has 0 aliphatic carbocycles. The van der Waals surface area contributed by atoms with Gasteiger partial charge in [0.1, 0.15) is 17.0 Å². The number of aryl methyl sites for hydroxylation is 1. The Kier molecular flexibility index (Phi) is 4.08. The fourth-order valence-corrected chi connectivity index (χ4v) is 4.28. The molecule has 3 aromatic heterocycles. The van der Waals surface area contributed by atoms with Crippen molar-refractivity contribution in [2.24, 2.45) is 5.92 Å². The van der Waals surface area contributed by atoms with Gasteiger partial charge < -0.3 is 10.0 Å². The van der Waals surface area contributed by atoms with E-state index in [0.29, 0.717) is 12.5 Å². The maximum absolute atomic E-state index is 10.9. The van der Waals surface area contributed by atoms with Crippen LogP contribution in [0.25, 0.3) is 10.2 Å². The molecular weight excluding hydrogens is 340 g/mol. The zero-order valence-corrected chi connectivity index (χ0v) is 14.6. The Morgan fingerprint density at radius 3 is 3.12 bits per heavy atom. The second-order valence-electron chi connectivity index (χ2n) is 6.38. The average molecular weight is 358 g/mol. The van der Waals surface area contributed by atoms with Crippen molar-refractivity contribution in [3.63, 3.8) is 0 Å². The number of fused-ring (bicyclic) bond motifs is 1. The van der Waals surface area contributed by atoms with Gasteiger partial charge >= 0.3 is 5.97 Å². The highest BCUT2D eigenvalue weighted by Gasteiger charge is 2.24. The predicted molar refractivity (Wildman–Crippen MR) is 94.1 cm³/mol. The van der Waals surface area contributed by atoms with Crippen molar-refractivity contribution in [3.8, 4) is 0 Å². The fraction of sp³-hybridized carbons (Fsp3) is 0.438. The van der Waals surface area contributed by atoms with Gasteiger partial charge in [-0.05, 0) is 36.6 Å². The molecule has 0 saturated carbocycles. The van der Waals surface area contributed by atoms with Crippen molar-refractivity contribution in [1.29, 1.82) is 0 Å². The summed E-state index contributed by atoms with van der Waals surface area (Å²) in [6.45, 7) is 4.59. The first-order chi connectivity index (χ1) is 12.1. The SMILES string of the molecule is Cc1csc2ncnc(N3CCC[C@@H](Cn4cc(C(=O)O)nn4)C3)c12. The molecule has 9 heteroatoms. The highest BCUT2D eigenvalue weighted by Crippen LogP contribution is 2.33. The number of rotatable bonds is 4. The molecule has 0 unspecified atom stereocenters. The molecule has 8 nitrogen and oxygen atoms in total. The summed E-state index contributed by atoms with van der Waals surface area (Å²) in [7, 11) is 0. The van der Waals surface area contributed by atoms with Gasteiger partial charge in [0.15, 0.2) is 5.69 Å². The van der Waals surface area contributed by atoms with Crippen LogP contribution in [0.15, 0.2) is 17.9 Å². The Hall–Kier alpha value is -2.55. The maximum Gasteiger partial charge on any atom is 0.358 e. The lowest BCUT2D eigenvalue weighted by atomic mass is 9.97. The molecule has 1 aliphatic rings. The number of thiophene rings is 1. The first-order valence-corrected chi connectivity index (χ1v) is 9.07. The summed E-state index contributed by atoms with van der Waals surface area (Å²) in [6, 6.07) is 0. The first kappa shape index (κ1) is 15.9. The Labute approximate surface area is 148 Å². The normalized spacial score (nSPS) is 18.0. The number of hydrogen-bond donors (Lipinski definition) is 1. The summed E-state index contributed by atoms with van der Waals surface area (Å²) in [5, 5.41) is 19.8. The van der Waals surface area contributed by atoms with Gasteiger partial charge in [0, 0.05) is 19.6 Å². The fourth-order valence-electron chi connectivity index (χ4n) is 3.39. The van der Waals surface area contributed by atoms with E-state index in [1.807, 2.05) is 0 Å². The molecule has 1 fully saturated rings. The summed E-state index contributed by atoms with van der Waals surface area (Å²) >= 11 is 1.65. The van der Waals surface area contributed by atoms with Crippen LogP contribution in [-0.2, 0) is 6.54 Å². The summed E-state index contributed by atoms with van der Waals surface area (Å²) in [6.07, 6.45) is 5.27. The van der Waals surface area contributed by atoms with Crippen LogP contribution in [0.2, 0.25) is 0 Å². The quantitative estimate of drug-likeness (QED) is 0.763. The number of piperidine rings is 1. The number of aromatic carboxylic acids is 1. The molecule has 1 atom stereocenters. The lowest BCUT2D eigenvalue weighted by molar-refractivity contribution is 0.0690. The molecular formula is C16H18N6O2S. The van der Waals surface area contributed by atoms with Crippen molar-refractivity contribution >= 4 is 33.3 Å². The van der Waals surface area contributed by atoms with Gasteiger partial charge in [0.25, 0.3) is 0 Å². The zero-order chi connectivity index (χ0) is 17.4. The van der Waals surface area contributed by atoms with Crippen LogP contribution in [0.5, 0.6) is 0 Å². The minimum atomic E-state index is -1.05. The van der Waals surface area contributed by atoms with Crippen molar-refractivity contribution < 1.29 is 9.90 Å². The van der Waals surface area contributed by atoms with Crippen molar-refractivity contribution in [3.05, 3.63) is 29.2 Å². The third-order valence-electron chi connectivity index (χ3n) is 4.56. The van der Waals surface area contributed by atoms with E-state index in [2.05, 4.69) is 37.5 Å². The number of carbonyl (C=O) groups is 1. The Morgan fingerprint density at radius 2 is 2.32 bits per heavy atom. The van der Waals surface area contributed by atoms with Crippen molar-refractivity contribution in [1.82, 2.24) is 25.0 Å². The van der Waals surface area contributed by atoms with Gasteiger partial charge in [-0.25, -0.2) is 14.8 Å². The highest BCUT2D eigenvalue weighted by atomic mass is 32.1. The van der Waals surface area contributed by atoms with Gasteiger partial charge in [-0.15, -0.1) is 16.4 Å². The molecule has 4 rings (SSSR count). The van der Waals surface area contributed by atoms with Gasteiger partial charge in [0.2, 0.25) is 0 Å². The Bertz CT molecular complexity index is 920. The standard InChI is InChI=1S/C16H18N6O2S/c1-10-8-25-15-13(10)14(17-9-18-15)21-4-2-3-11(5-21)6-22-7-12(16(23)24)19-20-22/h7-9,11H,2-6H2,1H3,(H,23,24)/t11-/m1/s1. The monoisotopic (exact) mass is 358 g/mol. The minimum absolute atomic E-state index is 0.0147. The van der Waals surface area contributed by atoms with E-state index in [4.69, 9.17) is 5.11 Å². The molecule has 0 amide bonds. The highest BCUT2D eigenvalue weighted by molar-refractivity contribution is 7.17. The van der Waals surface area contributed by atoms with E-state index in [1.54, 1.807) is 22.3 Å². The summed E-state index contributed by atoms with van der Waals surface area (Å²) < 4.78 is 1.63. The number of hydrogen-bond acceptors (Lipinski definition) is 7. The lowest BCUT2D eigenvalue weighted by Gasteiger charge is -2.33. The van der Waals surface area contributed by atoms with E-state index in [-0.39, 0.29) is 5.69 Å². The molecule has 0 bridgehead atoms. The second kappa shape index (κ2) is 6.40. The molecule has 0 radical (unpaired) electrons. The first-order valence-electron chi connectivity index (χ1n) is 8.19. The molecule has 3 aromatic rings. The van der Waals surface area contributed by atoms with Gasteiger partial charge in [0.05, 0.1) is 11.6 Å². The number of carboxylic acids is 1. The third-order valence-corrected chi connectivity index (χ3v) is 5.56. The second-order valence-corrected chi connectivity index (χ2v) is 7.24. The van der Waals surface area contributed by atoms with Gasteiger partial charge in [-0.1, -0.05) is 5.21 Å². The van der Waals surface area contributed by atoms with Crippen LogP contribution >= 0.6 is 11.3 Å². The molecule has 0 spiro atoms. The van der Waals surface area contributed by atoms with Crippen molar-refractivity contribution in [2.75, 3.05) is 18.0 Å². The Balaban J connectivity index is 1.54. The lowest BCUT2D eigenvalue weighted by Crippen LogP contribution is -2.37. The predicted octanol–water partition coefficient (Wildman–Crippen LogP) is 2.21. The van der Waals surface area contributed by atoms with Crippen LogP contribution in [-0.4, -0.2) is 49.1 Å². The molecule has 1 saturated heterocycles. The van der Waals surface area contributed by atoms with Gasteiger partial charge in [-0.2, -0.15) is 0 Å². The Morgan fingerprint density at radius 1 is 1.44 bits per heavy atom. The summed E-state index contributed by atoms with van der Waals surface area (Å²) in [5.74, 6) is 0.326. The van der Waals surface area contributed by atoms with Crippen LogP contribution in [0.4, 0.5) is 5.82 Å². The number of carboxylic acid groups (broad SMARTS) is 1. The minimum Gasteiger partial charge on any atom is -0.476 e. The van der Waals surface area contributed by atoms with Crippen LogP contribution in [0, 0.1) is 12.8 Å². The molecule has 1 aliphatic heterocycles. The van der Waals surface area contributed by atoms with E-state index in [1.165, 1.54) is 11.8 Å². The van der Waals surface area contributed by atoms with Crippen LogP contribution < -0.4 is 4.90 Å². The zero-order valence-electron chi connectivity index (χ0n) is 13.8. The topological polar surface area (TPSA) is 97.0 Å². The summed E-state index contributed by atoms with van der Waals surface area (Å²) in [4.78, 5) is 23.2. The van der Waals surface area contributed by atoms with E-state index >= 15 is 0 Å². The van der Waals surface area contributed by atoms with Crippen LogP contribution in [0.1, 0.15) is 28.9 Å². The summed E-state index contributed by atoms with van der Waals surface area (Å²) in [5.41, 5.74) is 1.19. The number of aromatic nitrogens is 5. The van der Waals surface area contributed by atoms with Crippen molar-refractivity contribution in [2.45, 2.75) is 26.3 Å². The molecule has 0 aromatic carbocycles. The smallest absolute Gasteiger partial charge is 0.358 e. The largest absolute Gasteiger partial charge is 0.476 e. The van der Waals surface area contributed by atoms with Crippen LogP contribution in [0.3, 0.4) is 0 Å². The van der Waals surface area contributed by atoms with Gasteiger partial charge in [-0.3, -0.25) is 4.68 Å². The molecule has 25 heavy (non-hydrogen) atoms. The number of anilines is 1. The molecule has 130 valence electrons. The molecule has 1 N–H and O–H groups in total. The third kappa shape index (κ3) is 3.07. The average Bonchev–Trinajstić information content (AvgIpc) is 3.22. The van der Waals surface area contributed by atoms with E-state index in [0.717, 1.165) is 42.0 Å².